The van der Waals surface area contributed by atoms with Crippen LogP contribution in [-0.2, 0) is 0 Å². The molecule has 0 spiro atoms. The lowest BCUT2D eigenvalue weighted by Crippen LogP contribution is -2.30. The van der Waals surface area contributed by atoms with E-state index in [0.717, 1.165) is 12.8 Å². The fraction of sp³-hybridized carbons (Fsp3) is 0.706. The van der Waals surface area contributed by atoms with Crippen molar-refractivity contribution in [2.75, 3.05) is 10.6 Å². The first-order valence-corrected chi connectivity index (χ1v) is 9.12. The van der Waals surface area contributed by atoms with Gasteiger partial charge in [-0.1, -0.05) is 0 Å². The molecule has 0 aromatic carbocycles. The number of amides is 1. The quantitative estimate of drug-likeness (QED) is 0.572. The van der Waals surface area contributed by atoms with Crippen molar-refractivity contribution >= 4 is 17.7 Å². The van der Waals surface area contributed by atoms with Gasteiger partial charge in [0.1, 0.15) is 5.82 Å². The third kappa shape index (κ3) is 5.44. The van der Waals surface area contributed by atoms with Crippen molar-refractivity contribution in [3.8, 4) is 0 Å². The van der Waals surface area contributed by atoms with E-state index in [0.29, 0.717) is 25.7 Å². The maximum atomic E-state index is 12.6. The van der Waals surface area contributed by atoms with Gasteiger partial charge in [0, 0.05) is 24.2 Å². The number of nitrogens with zero attached hydrogens (tertiary/aromatic N) is 2. The lowest BCUT2D eigenvalue weighted by atomic mass is 9.93. The molecule has 1 heterocycles. The molecule has 1 amide bonds. The molecule has 5 N–H and O–H groups in total. The van der Waals surface area contributed by atoms with Gasteiger partial charge in [-0.05, 0) is 44.9 Å². The molecule has 1 aromatic heterocycles. The van der Waals surface area contributed by atoms with E-state index >= 15 is 0 Å². The summed E-state index contributed by atoms with van der Waals surface area (Å²) in [4.78, 5) is 20.1. The number of alkyl halides is 3. The molecule has 0 aliphatic heterocycles. The van der Waals surface area contributed by atoms with Gasteiger partial charge >= 0.3 is 6.18 Å². The summed E-state index contributed by atoms with van der Waals surface area (Å²) in [5.74, 6) is -0.289. The van der Waals surface area contributed by atoms with Crippen molar-refractivity contribution in [1.82, 2.24) is 9.97 Å². The van der Waals surface area contributed by atoms with E-state index in [1.807, 2.05) is 0 Å². The van der Waals surface area contributed by atoms with Crippen LogP contribution in [0.15, 0.2) is 6.20 Å². The van der Waals surface area contributed by atoms with Gasteiger partial charge in [-0.2, -0.15) is 18.2 Å². The topological polar surface area (TPSA) is 113 Å². The number of nitrogens with two attached hydrogens (primary N) is 1. The van der Waals surface area contributed by atoms with Gasteiger partial charge in [0.2, 0.25) is 5.95 Å². The van der Waals surface area contributed by atoms with Crippen molar-refractivity contribution in [3.05, 3.63) is 11.8 Å². The summed E-state index contributed by atoms with van der Waals surface area (Å²) in [6, 6.07) is 0.0980. The number of primary amides is 1. The molecule has 150 valence electrons. The maximum absolute atomic E-state index is 12.6. The molecular formula is C17H24F3N5O2. The zero-order chi connectivity index (χ0) is 19.7. The number of aliphatic hydroxyl groups is 1. The second-order valence-electron chi connectivity index (χ2n) is 7.49. The number of hydrogen-bond donors (Lipinski definition) is 4. The molecule has 1 aromatic rings. The van der Waals surface area contributed by atoms with Crippen molar-refractivity contribution in [3.63, 3.8) is 0 Å². The van der Waals surface area contributed by atoms with Crippen molar-refractivity contribution < 1.29 is 23.1 Å². The second kappa shape index (κ2) is 7.49. The Balaban J connectivity index is 1.71. The first-order chi connectivity index (χ1) is 12.7. The number of halogens is 3. The molecule has 3 rings (SSSR count). The van der Waals surface area contributed by atoms with Crippen molar-refractivity contribution in [2.24, 2.45) is 5.73 Å². The molecule has 0 atom stereocenters. The van der Waals surface area contributed by atoms with Crippen LogP contribution in [0.3, 0.4) is 0 Å². The smallest absolute Gasteiger partial charge is 0.389 e. The highest BCUT2D eigenvalue weighted by molar-refractivity contribution is 5.97. The van der Waals surface area contributed by atoms with E-state index in [4.69, 9.17) is 5.73 Å². The second-order valence-corrected chi connectivity index (χ2v) is 7.49. The fourth-order valence-corrected chi connectivity index (χ4v) is 3.35. The normalized spacial score (nSPS) is 24.3. The number of hydrogen-bond acceptors (Lipinski definition) is 6. The molecule has 7 nitrogen and oxygen atoms in total. The fourth-order valence-electron chi connectivity index (χ4n) is 3.35. The van der Waals surface area contributed by atoms with Gasteiger partial charge in [-0.3, -0.25) is 4.79 Å². The Hall–Kier alpha value is -2.10. The van der Waals surface area contributed by atoms with Crippen LogP contribution in [0.25, 0.3) is 0 Å². The van der Waals surface area contributed by atoms with E-state index in [2.05, 4.69) is 20.6 Å². The Morgan fingerprint density at radius 2 is 1.96 bits per heavy atom. The molecule has 0 saturated heterocycles. The van der Waals surface area contributed by atoms with Crippen LogP contribution in [-0.4, -0.2) is 44.8 Å². The Labute approximate surface area is 154 Å². The van der Waals surface area contributed by atoms with Crippen LogP contribution in [0.2, 0.25) is 0 Å². The van der Waals surface area contributed by atoms with Gasteiger partial charge < -0.3 is 21.5 Å². The van der Waals surface area contributed by atoms with Gasteiger partial charge in [0.15, 0.2) is 0 Å². The van der Waals surface area contributed by atoms with Crippen LogP contribution in [0.4, 0.5) is 24.9 Å². The number of nitrogens with one attached hydrogen (secondary N) is 2. The van der Waals surface area contributed by atoms with Crippen LogP contribution in [0, 0.1) is 0 Å². The van der Waals surface area contributed by atoms with Gasteiger partial charge in [-0.15, -0.1) is 0 Å². The lowest BCUT2D eigenvalue weighted by molar-refractivity contribution is -0.136. The minimum atomic E-state index is -4.23. The van der Waals surface area contributed by atoms with Gasteiger partial charge in [0.05, 0.1) is 11.7 Å². The Kier molecular flexibility index (Phi) is 5.45. The third-order valence-corrected chi connectivity index (χ3v) is 5.21. The Bertz CT molecular complexity index is 686. The zero-order valence-electron chi connectivity index (χ0n) is 14.9. The number of aromatic nitrogens is 2. The average molecular weight is 387 g/mol. The number of anilines is 2. The molecule has 10 heteroatoms. The van der Waals surface area contributed by atoms with Gasteiger partial charge in [-0.25, -0.2) is 4.98 Å². The third-order valence-electron chi connectivity index (χ3n) is 5.21. The maximum Gasteiger partial charge on any atom is 0.389 e. The summed E-state index contributed by atoms with van der Waals surface area (Å²) in [6.07, 6.45) is -0.156. The summed E-state index contributed by atoms with van der Waals surface area (Å²) in [7, 11) is 0. The SMILES string of the molecule is NC(=O)c1cnc(N[C@H]2CC[C@H](O)CC2)nc1NC1(CCC(F)(F)F)CC1. The van der Waals surface area contributed by atoms with E-state index in [1.165, 1.54) is 6.20 Å². The standard InChI is InChI=1S/C17H24F3N5O2/c18-17(19,20)8-7-16(5-6-16)25-14-12(13(21)27)9-22-15(24-14)23-10-1-3-11(26)4-2-10/h9-11,26H,1-8H2,(H2,21,27)(H2,22,23,24,25)/t10-,11-. The molecular weight excluding hydrogens is 363 g/mol. The van der Waals surface area contributed by atoms with Crippen LogP contribution in [0.5, 0.6) is 0 Å². The van der Waals surface area contributed by atoms with Crippen LogP contribution >= 0.6 is 0 Å². The van der Waals surface area contributed by atoms with Gasteiger partial charge in [0.25, 0.3) is 5.91 Å². The number of aliphatic hydroxyl groups excluding tert-OH is 1. The zero-order valence-corrected chi connectivity index (χ0v) is 14.9. The van der Waals surface area contributed by atoms with Crippen molar-refractivity contribution in [2.45, 2.75) is 75.2 Å². The summed E-state index contributed by atoms with van der Waals surface area (Å²) in [6.45, 7) is 0. The molecule has 0 unspecified atom stereocenters. The monoisotopic (exact) mass is 387 g/mol. The first-order valence-electron chi connectivity index (χ1n) is 9.12. The first kappa shape index (κ1) is 19.7. The number of rotatable bonds is 7. The lowest BCUT2D eigenvalue weighted by Gasteiger charge is -2.26. The van der Waals surface area contributed by atoms with Crippen molar-refractivity contribution in [1.29, 1.82) is 0 Å². The highest BCUT2D eigenvalue weighted by Gasteiger charge is 2.46. The largest absolute Gasteiger partial charge is 0.393 e. The van der Waals surface area contributed by atoms with Crippen LogP contribution in [0.1, 0.15) is 61.7 Å². The Morgan fingerprint density at radius 1 is 1.30 bits per heavy atom. The highest BCUT2D eigenvalue weighted by atomic mass is 19.4. The van der Waals surface area contributed by atoms with E-state index < -0.39 is 24.0 Å². The molecule has 2 aliphatic rings. The highest BCUT2D eigenvalue weighted by Crippen LogP contribution is 2.45. The average Bonchev–Trinajstić information content (AvgIpc) is 3.35. The molecule has 2 aliphatic carbocycles. The predicted octanol–water partition coefficient (Wildman–Crippen LogP) is 2.58. The Morgan fingerprint density at radius 3 is 2.52 bits per heavy atom. The summed E-state index contributed by atoms with van der Waals surface area (Å²) in [5, 5.41) is 15.7. The minimum absolute atomic E-state index is 0.0536. The summed E-state index contributed by atoms with van der Waals surface area (Å²) < 4.78 is 37.7. The minimum Gasteiger partial charge on any atom is -0.393 e. The molecule has 27 heavy (non-hydrogen) atoms. The number of carbonyl (C=O) groups is 1. The number of carbonyl (C=O) groups excluding carboxylic acids is 1. The van der Waals surface area contributed by atoms with Crippen LogP contribution < -0.4 is 16.4 Å². The van der Waals surface area contributed by atoms with E-state index in [1.54, 1.807) is 0 Å². The molecule has 2 fully saturated rings. The summed E-state index contributed by atoms with van der Waals surface area (Å²) >= 11 is 0. The predicted molar refractivity (Wildman–Crippen MR) is 93.3 cm³/mol. The van der Waals surface area contributed by atoms with E-state index in [-0.39, 0.29) is 35.9 Å². The summed E-state index contributed by atoms with van der Waals surface area (Å²) in [5.41, 5.74) is 4.71. The molecule has 0 radical (unpaired) electrons. The van der Waals surface area contributed by atoms with E-state index in [9.17, 15) is 23.1 Å². The molecule has 0 bridgehead atoms. The molecule has 2 saturated carbocycles.